The number of anilines is 1. The second-order valence-electron chi connectivity index (χ2n) is 7.13. The highest BCUT2D eigenvalue weighted by Gasteiger charge is 2.25. The summed E-state index contributed by atoms with van der Waals surface area (Å²) in [7, 11) is -3.72. The molecule has 7 heteroatoms. The van der Waals surface area contributed by atoms with Crippen LogP contribution in [-0.4, -0.2) is 26.2 Å². The Morgan fingerprint density at radius 1 is 1.14 bits per heavy atom. The van der Waals surface area contributed by atoms with Crippen LogP contribution in [0.3, 0.4) is 0 Å². The van der Waals surface area contributed by atoms with Gasteiger partial charge >= 0.3 is 0 Å². The van der Waals surface area contributed by atoms with Gasteiger partial charge in [0.1, 0.15) is 10.7 Å². The Morgan fingerprint density at radius 3 is 2.64 bits per heavy atom. The summed E-state index contributed by atoms with van der Waals surface area (Å²) in [5.41, 5.74) is 2.71. The molecule has 0 saturated heterocycles. The zero-order valence-corrected chi connectivity index (χ0v) is 16.9. The quantitative estimate of drug-likeness (QED) is 0.747. The molecule has 0 radical (unpaired) electrons. The zero-order valence-electron chi connectivity index (χ0n) is 16.1. The van der Waals surface area contributed by atoms with Crippen LogP contribution in [0.25, 0.3) is 0 Å². The molecule has 1 aliphatic heterocycles. The fourth-order valence-corrected chi connectivity index (χ4v) is 4.28. The summed E-state index contributed by atoms with van der Waals surface area (Å²) in [6.45, 7) is 3.87. The van der Waals surface area contributed by atoms with Gasteiger partial charge in [-0.3, -0.25) is 4.79 Å². The van der Waals surface area contributed by atoms with Crippen LogP contribution in [0.1, 0.15) is 37.3 Å². The number of benzene rings is 2. The highest BCUT2D eigenvalue weighted by Crippen LogP contribution is 2.28. The predicted molar refractivity (Wildman–Crippen MR) is 111 cm³/mol. The minimum Gasteiger partial charge on any atom is -0.354 e. The summed E-state index contributed by atoms with van der Waals surface area (Å²) < 4.78 is 28.4. The molecule has 2 aromatic carbocycles. The molecule has 1 heterocycles. The fourth-order valence-electron chi connectivity index (χ4n) is 3.13. The van der Waals surface area contributed by atoms with Gasteiger partial charge in [-0.2, -0.15) is 8.42 Å². The third-order valence-electron chi connectivity index (χ3n) is 4.63. The molecule has 1 aliphatic rings. The SMILES string of the molecule is Cc1ccc2c(c1)NC(CCC(=O)N[C@@H](C)CCc1ccccc1)=NS2(=O)=O. The number of amides is 1. The van der Waals surface area contributed by atoms with E-state index in [1.165, 1.54) is 5.56 Å². The molecule has 1 atom stereocenters. The van der Waals surface area contributed by atoms with E-state index in [-0.39, 0.29) is 29.7 Å². The first-order valence-electron chi connectivity index (χ1n) is 9.38. The first-order valence-corrected chi connectivity index (χ1v) is 10.8. The van der Waals surface area contributed by atoms with E-state index in [0.717, 1.165) is 18.4 Å². The summed E-state index contributed by atoms with van der Waals surface area (Å²) in [4.78, 5) is 12.4. The van der Waals surface area contributed by atoms with Gasteiger partial charge in [-0.1, -0.05) is 36.4 Å². The minimum atomic E-state index is -3.72. The van der Waals surface area contributed by atoms with E-state index in [1.54, 1.807) is 18.2 Å². The summed E-state index contributed by atoms with van der Waals surface area (Å²) in [6, 6.07) is 15.2. The maximum atomic E-state index is 12.3. The number of amidine groups is 1. The van der Waals surface area contributed by atoms with Crippen LogP contribution in [0.5, 0.6) is 0 Å². The van der Waals surface area contributed by atoms with Crippen molar-refractivity contribution in [2.24, 2.45) is 4.40 Å². The van der Waals surface area contributed by atoms with Gasteiger partial charge in [-0.05, 0) is 49.9 Å². The molecular formula is C21H25N3O3S. The number of carbonyl (C=O) groups excluding carboxylic acids is 1. The average molecular weight is 400 g/mol. The van der Waals surface area contributed by atoms with Gasteiger partial charge in [0, 0.05) is 18.9 Å². The van der Waals surface area contributed by atoms with Crippen LogP contribution in [0, 0.1) is 6.92 Å². The lowest BCUT2D eigenvalue weighted by Gasteiger charge is -2.19. The molecule has 0 aliphatic carbocycles. The third-order valence-corrected chi connectivity index (χ3v) is 6.00. The molecule has 0 fully saturated rings. The average Bonchev–Trinajstić information content (AvgIpc) is 2.64. The normalized spacial score (nSPS) is 15.7. The molecule has 6 nitrogen and oxygen atoms in total. The van der Waals surface area contributed by atoms with E-state index < -0.39 is 10.0 Å². The minimum absolute atomic E-state index is 0.0427. The molecule has 1 amide bonds. The Kier molecular flexibility index (Phi) is 6.14. The molecule has 0 aromatic heterocycles. The van der Waals surface area contributed by atoms with Crippen LogP contribution in [0.4, 0.5) is 5.69 Å². The molecule has 0 saturated carbocycles. The van der Waals surface area contributed by atoms with Crippen molar-refractivity contribution in [1.29, 1.82) is 0 Å². The number of fused-ring (bicyclic) bond motifs is 1. The number of sulfonamides is 1. The fraction of sp³-hybridized carbons (Fsp3) is 0.333. The van der Waals surface area contributed by atoms with Crippen LogP contribution in [0.2, 0.25) is 0 Å². The molecule has 0 spiro atoms. The number of rotatable bonds is 7. The topological polar surface area (TPSA) is 87.6 Å². The van der Waals surface area contributed by atoms with Crippen molar-refractivity contribution in [2.75, 3.05) is 5.32 Å². The van der Waals surface area contributed by atoms with E-state index in [0.29, 0.717) is 11.5 Å². The lowest BCUT2D eigenvalue weighted by molar-refractivity contribution is -0.121. The smallest absolute Gasteiger partial charge is 0.286 e. The van der Waals surface area contributed by atoms with Crippen molar-refractivity contribution in [2.45, 2.75) is 50.5 Å². The van der Waals surface area contributed by atoms with Gasteiger partial charge < -0.3 is 10.6 Å². The third kappa shape index (κ3) is 5.19. The van der Waals surface area contributed by atoms with Gasteiger partial charge in [-0.15, -0.1) is 4.40 Å². The van der Waals surface area contributed by atoms with Crippen molar-refractivity contribution < 1.29 is 13.2 Å². The summed E-state index contributed by atoms with van der Waals surface area (Å²) in [6.07, 6.45) is 2.16. The van der Waals surface area contributed by atoms with Crippen molar-refractivity contribution >= 4 is 27.5 Å². The van der Waals surface area contributed by atoms with Crippen molar-refractivity contribution in [1.82, 2.24) is 5.32 Å². The highest BCUT2D eigenvalue weighted by molar-refractivity contribution is 7.90. The van der Waals surface area contributed by atoms with E-state index >= 15 is 0 Å². The maximum absolute atomic E-state index is 12.3. The predicted octanol–water partition coefficient (Wildman–Crippen LogP) is 3.43. The monoisotopic (exact) mass is 399 g/mol. The van der Waals surface area contributed by atoms with Gasteiger partial charge in [0.2, 0.25) is 5.91 Å². The Hall–Kier alpha value is -2.67. The van der Waals surface area contributed by atoms with Crippen molar-refractivity contribution in [3.63, 3.8) is 0 Å². The Bertz CT molecular complexity index is 985. The van der Waals surface area contributed by atoms with E-state index in [2.05, 4.69) is 27.2 Å². The Morgan fingerprint density at radius 2 is 1.89 bits per heavy atom. The van der Waals surface area contributed by atoms with Crippen molar-refractivity contribution in [3.05, 3.63) is 59.7 Å². The summed E-state index contributed by atoms with van der Waals surface area (Å²) in [5.74, 6) is 0.183. The highest BCUT2D eigenvalue weighted by atomic mass is 32.2. The van der Waals surface area contributed by atoms with Gasteiger partial charge in [0.15, 0.2) is 0 Å². The van der Waals surface area contributed by atoms with Crippen LogP contribution >= 0.6 is 0 Å². The number of aryl methyl sites for hydroxylation is 2. The largest absolute Gasteiger partial charge is 0.354 e. The van der Waals surface area contributed by atoms with E-state index in [9.17, 15) is 13.2 Å². The number of hydrogen-bond acceptors (Lipinski definition) is 4. The van der Waals surface area contributed by atoms with Gasteiger partial charge in [0.05, 0.1) is 5.69 Å². The Balaban J connectivity index is 1.51. The molecule has 148 valence electrons. The van der Waals surface area contributed by atoms with Gasteiger partial charge in [-0.25, -0.2) is 0 Å². The molecule has 28 heavy (non-hydrogen) atoms. The molecule has 3 rings (SSSR count). The van der Waals surface area contributed by atoms with E-state index in [4.69, 9.17) is 0 Å². The maximum Gasteiger partial charge on any atom is 0.286 e. The van der Waals surface area contributed by atoms with Crippen LogP contribution in [0.15, 0.2) is 57.8 Å². The van der Waals surface area contributed by atoms with Gasteiger partial charge in [0.25, 0.3) is 10.0 Å². The summed E-state index contributed by atoms with van der Waals surface area (Å²) in [5, 5.41) is 6.01. The number of carbonyl (C=O) groups is 1. The first kappa shape index (κ1) is 20.1. The van der Waals surface area contributed by atoms with Crippen LogP contribution < -0.4 is 10.6 Å². The zero-order chi connectivity index (χ0) is 20.1. The number of nitrogens with zero attached hydrogens (tertiary/aromatic N) is 1. The summed E-state index contributed by atoms with van der Waals surface area (Å²) >= 11 is 0. The molecule has 0 unspecified atom stereocenters. The molecular weight excluding hydrogens is 374 g/mol. The number of hydrogen-bond donors (Lipinski definition) is 2. The molecule has 2 N–H and O–H groups in total. The van der Waals surface area contributed by atoms with E-state index in [1.807, 2.05) is 32.0 Å². The lowest BCUT2D eigenvalue weighted by Crippen LogP contribution is -2.33. The standard InChI is InChI=1S/C21H25N3O3S/c1-15-8-11-19-18(14-15)23-20(24-28(19,26)27)12-13-21(25)22-16(2)9-10-17-6-4-3-5-7-17/h3-8,11,14,16H,9-10,12-13H2,1-2H3,(H,22,25)(H,23,24)/t16-/m0/s1. The molecule has 0 bridgehead atoms. The van der Waals surface area contributed by atoms with Crippen LogP contribution in [-0.2, 0) is 21.2 Å². The number of nitrogens with one attached hydrogen (secondary N) is 2. The van der Waals surface area contributed by atoms with Crippen molar-refractivity contribution in [3.8, 4) is 0 Å². The lowest BCUT2D eigenvalue weighted by atomic mass is 10.1. The second-order valence-corrected chi connectivity index (χ2v) is 8.70. The molecule has 2 aromatic rings. The second kappa shape index (κ2) is 8.56. The Labute approximate surface area is 166 Å². The first-order chi connectivity index (χ1) is 13.3.